The highest BCUT2D eigenvalue weighted by molar-refractivity contribution is 6.46. The molecule has 34 heavy (non-hydrogen) atoms. The zero-order valence-electron chi connectivity index (χ0n) is 19.7. The predicted molar refractivity (Wildman–Crippen MR) is 127 cm³/mol. The van der Waals surface area contributed by atoms with Gasteiger partial charge in [-0.3, -0.25) is 14.5 Å². The number of ketones is 1. The van der Waals surface area contributed by atoms with E-state index in [9.17, 15) is 14.7 Å². The number of nitrogens with zero attached hydrogens (tertiary/aromatic N) is 2. The van der Waals surface area contributed by atoms with Gasteiger partial charge in [0.25, 0.3) is 11.7 Å². The van der Waals surface area contributed by atoms with E-state index in [0.29, 0.717) is 48.9 Å². The summed E-state index contributed by atoms with van der Waals surface area (Å²) in [5.74, 6) is -0.482. The van der Waals surface area contributed by atoms with Crippen LogP contribution in [0.2, 0.25) is 0 Å². The number of Topliss-reactive ketones (excluding diaryl/α,β-unsaturated/α-hetero) is 1. The van der Waals surface area contributed by atoms with Crippen molar-refractivity contribution in [1.29, 1.82) is 0 Å². The van der Waals surface area contributed by atoms with Gasteiger partial charge in [-0.1, -0.05) is 29.8 Å². The maximum atomic E-state index is 13.2. The van der Waals surface area contributed by atoms with Gasteiger partial charge in [0.2, 0.25) is 0 Å². The van der Waals surface area contributed by atoms with Crippen LogP contribution in [0.4, 0.5) is 0 Å². The number of morpholine rings is 1. The molecule has 1 atom stereocenters. The van der Waals surface area contributed by atoms with E-state index >= 15 is 0 Å². The first-order valence-electron chi connectivity index (χ1n) is 11.3. The van der Waals surface area contributed by atoms with Crippen LogP contribution in [0.5, 0.6) is 11.5 Å². The second-order valence-electron chi connectivity index (χ2n) is 8.42. The van der Waals surface area contributed by atoms with Crippen molar-refractivity contribution in [2.24, 2.45) is 0 Å². The van der Waals surface area contributed by atoms with Crippen LogP contribution in [0.1, 0.15) is 22.7 Å². The number of hydrogen-bond acceptors (Lipinski definition) is 7. The van der Waals surface area contributed by atoms with Gasteiger partial charge in [0, 0.05) is 43.4 Å². The third-order valence-electron chi connectivity index (χ3n) is 6.36. The number of likely N-dealkylation sites (tertiary alicyclic amines) is 1. The Kier molecular flexibility index (Phi) is 7.19. The summed E-state index contributed by atoms with van der Waals surface area (Å²) in [6.07, 6.45) is 0. The van der Waals surface area contributed by atoms with Crippen LogP contribution in [0.25, 0.3) is 5.76 Å². The first kappa shape index (κ1) is 23.8. The lowest BCUT2D eigenvalue weighted by atomic mass is 9.94. The van der Waals surface area contributed by atoms with Crippen molar-refractivity contribution in [3.8, 4) is 11.5 Å². The van der Waals surface area contributed by atoms with Crippen molar-refractivity contribution in [1.82, 2.24) is 9.80 Å². The van der Waals surface area contributed by atoms with Gasteiger partial charge in [0.15, 0.2) is 0 Å². The van der Waals surface area contributed by atoms with Crippen LogP contribution >= 0.6 is 0 Å². The molecule has 4 rings (SSSR count). The van der Waals surface area contributed by atoms with Crippen LogP contribution in [0.3, 0.4) is 0 Å². The van der Waals surface area contributed by atoms with E-state index in [-0.39, 0.29) is 11.3 Å². The van der Waals surface area contributed by atoms with Gasteiger partial charge in [-0.2, -0.15) is 0 Å². The lowest BCUT2D eigenvalue weighted by Crippen LogP contribution is -2.42. The summed E-state index contributed by atoms with van der Waals surface area (Å²) in [5, 5.41) is 11.2. The van der Waals surface area contributed by atoms with Crippen LogP contribution in [0.15, 0.2) is 48.0 Å². The van der Waals surface area contributed by atoms with E-state index in [2.05, 4.69) is 4.90 Å². The van der Waals surface area contributed by atoms with Gasteiger partial charge >= 0.3 is 0 Å². The molecular formula is C26H30N2O6. The highest BCUT2D eigenvalue weighted by Crippen LogP contribution is 2.43. The number of rotatable bonds is 7. The highest BCUT2D eigenvalue weighted by Gasteiger charge is 2.47. The van der Waals surface area contributed by atoms with Gasteiger partial charge < -0.3 is 24.2 Å². The number of aryl methyl sites for hydroxylation is 1. The molecule has 8 heteroatoms. The fraction of sp³-hybridized carbons (Fsp3) is 0.385. The van der Waals surface area contributed by atoms with Crippen molar-refractivity contribution >= 4 is 17.4 Å². The number of amides is 1. The smallest absolute Gasteiger partial charge is 0.295 e. The number of carbonyl (C=O) groups is 2. The molecule has 0 spiro atoms. The minimum atomic E-state index is -0.789. The summed E-state index contributed by atoms with van der Waals surface area (Å²) in [6.45, 7) is 5.68. The molecule has 1 amide bonds. The Morgan fingerprint density at radius 3 is 2.38 bits per heavy atom. The zero-order valence-corrected chi connectivity index (χ0v) is 19.7. The maximum Gasteiger partial charge on any atom is 0.295 e. The number of methoxy groups -OCH3 is 2. The zero-order chi connectivity index (χ0) is 24.2. The predicted octanol–water partition coefficient (Wildman–Crippen LogP) is 2.77. The molecule has 0 saturated carbocycles. The molecule has 8 nitrogen and oxygen atoms in total. The summed E-state index contributed by atoms with van der Waals surface area (Å²) in [7, 11) is 3.08. The lowest BCUT2D eigenvalue weighted by Gasteiger charge is -2.31. The largest absolute Gasteiger partial charge is 0.507 e. The molecule has 2 saturated heterocycles. The monoisotopic (exact) mass is 466 g/mol. The molecule has 2 fully saturated rings. The Bertz CT molecular complexity index is 1090. The molecule has 2 aliphatic rings. The second kappa shape index (κ2) is 10.3. The Hall–Kier alpha value is -3.36. The standard InChI is InChI=1S/C26H30N2O6/c1-17-4-6-18(7-5-17)24(29)22-23(20-9-8-19(32-2)16-21(20)33-3)28(26(31)25(22)30)11-10-27-12-14-34-15-13-27/h4-9,16,23,29H,10-15H2,1-3H3/t23-/m0/s1. The van der Waals surface area contributed by atoms with E-state index in [1.54, 1.807) is 37.4 Å². The number of hydrogen-bond donors (Lipinski definition) is 1. The second-order valence-corrected chi connectivity index (χ2v) is 8.42. The molecule has 0 bridgehead atoms. The SMILES string of the molecule is COc1ccc([C@H]2C(=C(O)c3ccc(C)cc3)C(=O)C(=O)N2CCN2CCOCC2)c(OC)c1. The van der Waals surface area contributed by atoms with Crippen molar-refractivity contribution < 1.29 is 28.9 Å². The molecule has 1 N–H and O–H groups in total. The Morgan fingerprint density at radius 2 is 1.74 bits per heavy atom. The summed E-state index contributed by atoms with van der Waals surface area (Å²) in [6, 6.07) is 11.7. The molecule has 2 aliphatic heterocycles. The fourth-order valence-corrected chi connectivity index (χ4v) is 4.42. The average molecular weight is 467 g/mol. The molecule has 180 valence electrons. The fourth-order valence-electron chi connectivity index (χ4n) is 4.42. The first-order chi connectivity index (χ1) is 16.4. The Labute approximate surface area is 199 Å². The van der Waals surface area contributed by atoms with Gasteiger partial charge in [0.05, 0.1) is 39.0 Å². The van der Waals surface area contributed by atoms with Gasteiger partial charge in [-0.05, 0) is 19.1 Å². The average Bonchev–Trinajstić information content (AvgIpc) is 3.12. The molecule has 0 aliphatic carbocycles. The number of aliphatic hydroxyl groups excluding tert-OH is 1. The molecule has 0 aromatic heterocycles. The normalized spacial score (nSPS) is 20.6. The van der Waals surface area contributed by atoms with Crippen LogP contribution in [-0.4, -0.2) is 80.2 Å². The number of benzene rings is 2. The van der Waals surface area contributed by atoms with Gasteiger partial charge in [0.1, 0.15) is 17.3 Å². The third-order valence-corrected chi connectivity index (χ3v) is 6.36. The highest BCUT2D eigenvalue weighted by atomic mass is 16.5. The number of ether oxygens (including phenoxy) is 3. The van der Waals surface area contributed by atoms with E-state index in [4.69, 9.17) is 14.2 Å². The van der Waals surface area contributed by atoms with Crippen LogP contribution in [-0.2, 0) is 14.3 Å². The van der Waals surface area contributed by atoms with E-state index < -0.39 is 17.7 Å². The topological polar surface area (TPSA) is 88.5 Å². The number of carbonyl (C=O) groups excluding carboxylic acids is 2. The molecule has 0 radical (unpaired) electrons. The summed E-state index contributed by atoms with van der Waals surface area (Å²) < 4.78 is 16.3. The molecule has 2 aromatic rings. The van der Waals surface area contributed by atoms with Crippen molar-refractivity contribution in [3.05, 3.63) is 64.7 Å². The third kappa shape index (κ3) is 4.64. The molecular weight excluding hydrogens is 436 g/mol. The minimum absolute atomic E-state index is 0.0549. The molecule has 2 heterocycles. The van der Waals surface area contributed by atoms with Gasteiger partial charge in [-0.15, -0.1) is 0 Å². The van der Waals surface area contributed by atoms with Crippen molar-refractivity contribution in [3.63, 3.8) is 0 Å². The summed E-state index contributed by atoms with van der Waals surface area (Å²) in [5.41, 5.74) is 2.17. The summed E-state index contributed by atoms with van der Waals surface area (Å²) in [4.78, 5) is 30.2. The van der Waals surface area contributed by atoms with E-state index in [1.165, 1.54) is 12.0 Å². The Morgan fingerprint density at radius 1 is 1.03 bits per heavy atom. The quantitative estimate of drug-likeness (QED) is 0.381. The van der Waals surface area contributed by atoms with Gasteiger partial charge in [-0.25, -0.2) is 0 Å². The molecule has 2 aromatic carbocycles. The van der Waals surface area contributed by atoms with E-state index in [0.717, 1.165) is 18.7 Å². The Balaban J connectivity index is 1.79. The molecule has 0 unspecified atom stereocenters. The van der Waals surface area contributed by atoms with Crippen molar-refractivity contribution in [2.45, 2.75) is 13.0 Å². The maximum absolute atomic E-state index is 13.2. The first-order valence-corrected chi connectivity index (χ1v) is 11.3. The lowest BCUT2D eigenvalue weighted by molar-refractivity contribution is -0.140. The number of aliphatic hydroxyl groups is 1. The van der Waals surface area contributed by atoms with Crippen LogP contribution < -0.4 is 9.47 Å². The summed E-state index contributed by atoms with van der Waals surface area (Å²) >= 11 is 0. The van der Waals surface area contributed by atoms with Crippen molar-refractivity contribution in [2.75, 3.05) is 53.6 Å². The minimum Gasteiger partial charge on any atom is -0.507 e. The van der Waals surface area contributed by atoms with Crippen LogP contribution in [0, 0.1) is 6.92 Å². The van der Waals surface area contributed by atoms with E-state index in [1.807, 2.05) is 19.1 Å².